The average molecular weight is 611 g/mol. The van der Waals surface area contributed by atoms with Crippen molar-refractivity contribution in [3.8, 4) is 17.3 Å². The number of nitrogens with one attached hydrogen (secondary N) is 3. The van der Waals surface area contributed by atoms with Gasteiger partial charge in [0.15, 0.2) is 17.2 Å². The molecule has 0 radical (unpaired) electrons. The Bertz CT molecular complexity index is 1620. The van der Waals surface area contributed by atoms with Crippen LogP contribution in [0.5, 0.6) is 0 Å². The van der Waals surface area contributed by atoms with Gasteiger partial charge in [-0.25, -0.2) is 9.97 Å². The van der Waals surface area contributed by atoms with Crippen molar-refractivity contribution in [3.05, 3.63) is 72.1 Å². The molecule has 3 aromatic heterocycles. The van der Waals surface area contributed by atoms with E-state index in [4.69, 9.17) is 11.0 Å². The summed E-state index contributed by atoms with van der Waals surface area (Å²) < 4.78 is 43.6. The average Bonchev–Trinajstić information content (AvgIpc) is 3.63. The van der Waals surface area contributed by atoms with Crippen molar-refractivity contribution in [1.29, 1.82) is 5.26 Å². The Hall–Kier alpha value is -4.90. The molecule has 11 nitrogen and oxygen atoms in total. The molecule has 234 valence electrons. The van der Waals surface area contributed by atoms with Crippen LogP contribution in [0.2, 0.25) is 0 Å². The molecule has 0 aliphatic carbocycles. The highest BCUT2D eigenvalue weighted by atomic mass is 19.4. The van der Waals surface area contributed by atoms with Gasteiger partial charge in [0.05, 0.1) is 23.5 Å². The number of anilines is 2. The number of aromatic nitrogens is 5. The zero-order valence-corrected chi connectivity index (χ0v) is 25.0. The maximum Gasteiger partial charge on any atom is 0.435 e. The first-order valence-electron chi connectivity index (χ1n) is 14.3. The molecule has 0 saturated heterocycles. The zero-order chi connectivity index (χ0) is 32.3. The van der Waals surface area contributed by atoms with Crippen molar-refractivity contribution in [2.45, 2.75) is 52.8 Å². The summed E-state index contributed by atoms with van der Waals surface area (Å²) in [5.41, 5.74) is 7.48. The third kappa shape index (κ3) is 8.13. The van der Waals surface area contributed by atoms with Gasteiger partial charge in [0, 0.05) is 48.6 Å². The van der Waals surface area contributed by atoms with Gasteiger partial charge in [0.1, 0.15) is 6.54 Å². The fourth-order valence-corrected chi connectivity index (χ4v) is 4.41. The maximum atomic E-state index is 13.7. The molecule has 0 atom stereocenters. The number of imidazole rings is 1. The highest BCUT2D eigenvalue weighted by Crippen LogP contribution is 2.37. The monoisotopic (exact) mass is 610 g/mol. The Labute approximate surface area is 254 Å². The number of alkyl halides is 3. The first-order chi connectivity index (χ1) is 21.2. The second kappa shape index (κ2) is 15.5. The molecule has 0 aliphatic rings. The molecule has 0 bridgehead atoms. The number of carbonyl (C=O) groups excluding carboxylic acids is 1. The van der Waals surface area contributed by atoms with Crippen LogP contribution in [-0.4, -0.2) is 49.7 Å². The van der Waals surface area contributed by atoms with E-state index in [1.165, 1.54) is 29.2 Å². The van der Waals surface area contributed by atoms with Crippen LogP contribution in [0.4, 0.5) is 24.7 Å². The fraction of sp³-hybridized carbons (Fsp3) is 0.367. The zero-order valence-electron chi connectivity index (χ0n) is 25.0. The normalized spacial score (nSPS) is 11.0. The summed E-state index contributed by atoms with van der Waals surface area (Å²) in [4.78, 5) is 21.5. The second-order valence-electron chi connectivity index (χ2n) is 9.39. The molecule has 4 aromatic rings. The minimum Gasteiger partial charge on any atom is -0.389 e. The summed E-state index contributed by atoms with van der Waals surface area (Å²) in [5.74, 6) is 0.124. The van der Waals surface area contributed by atoms with Crippen LogP contribution < -0.4 is 21.7 Å². The van der Waals surface area contributed by atoms with Crippen LogP contribution in [-0.2, 0) is 19.1 Å². The number of carbonyl (C=O) groups is 1. The van der Waals surface area contributed by atoms with E-state index in [-0.39, 0.29) is 29.4 Å². The van der Waals surface area contributed by atoms with Gasteiger partial charge in [-0.2, -0.15) is 23.5 Å². The Balaban J connectivity index is 0.00000259. The maximum absolute atomic E-state index is 13.7. The molecule has 3 heterocycles. The topological polar surface area (TPSA) is 151 Å². The SMILES string of the molecule is C=C(CCN)NCCCNC(=O)c1ccc(Nc2nccn3c(-c4cn(CC#N)nc4C(F)(F)F)cnc23)cc1CC.CC. The molecule has 4 rings (SSSR count). The first-order valence-corrected chi connectivity index (χ1v) is 14.3. The fourth-order valence-electron chi connectivity index (χ4n) is 4.41. The Morgan fingerprint density at radius 2 is 1.93 bits per heavy atom. The van der Waals surface area contributed by atoms with Crippen molar-refractivity contribution in [3.63, 3.8) is 0 Å². The van der Waals surface area contributed by atoms with Crippen molar-refractivity contribution >= 4 is 23.1 Å². The van der Waals surface area contributed by atoms with Crippen LogP contribution in [0.3, 0.4) is 0 Å². The van der Waals surface area contributed by atoms with E-state index in [1.807, 2.05) is 26.8 Å². The second-order valence-corrected chi connectivity index (χ2v) is 9.39. The molecular formula is C30H37F3N10O. The van der Waals surface area contributed by atoms with Crippen molar-refractivity contribution < 1.29 is 18.0 Å². The Morgan fingerprint density at radius 1 is 1.18 bits per heavy atom. The van der Waals surface area contributed by atoms with Crippen LogP contribution in [0, 0.1) is 11.3 Å². The predicted molar refractivity (Wildman–Crippen MR) is 163 cm³/mol. The van der Waals surface area contributed by atoms with E-state index in [0.717, 1.165) is 22.4 Å². The van der Waals surface area contributed by atoms with E-state index in [2.05, 4.69) is 37.6 Å². The number of hydrogen-bond acceptors (Lipinski definition) is 8. The lowest BCUT2D eigenvalue weighted by Gasteiger charge is -2.13. The molecule has 0 saturated carbocycles. The van der Waals surface area contributed by atoms with Gasteiger partial charge in [0.25, 0.3) is 5.91 Å². The number of nitrogens with zero attached hydrogens (tertiary/aromatic N) is 6. The summed E-state index contributed by atoms with van der Waals surface area (Å²) >= 11 is 0. The summed E-state index contributed by atoms with van der Waals surface area (Å²) in [6.07, 6.45) is 2.71. The van der Waals surface area contributed by atoms with Crippen LogP contribution in [0.25, 0.3) is 16.9 Å². The number of fused-ring (bicyclic) bond motifs is 1. The van der Waals surface area contributed by atoms with E-state index >= 15 is 0 Å². The number of amides is 1. The molecule has 0 unspecified atom stereocenters. The van der Waals surface area contributed by atoms with Crippen LogP contribution >= 0.6 is 0 Å². The summed E-state index contributed by atoms with van der Waals surface area (Å²) in [6, 6.07) is 7.07. The van der Waals surface area contributed by atoms with Gasteiger partial charge in [-0.1, -0.05) is 27.4 Å². The lowest BCUT2D eigenvalue weighted by Crippen LogP contribution is -2.28. The Kier molecular flexibility index (Phi) is 11.9. The Morgan fingerprint density at radius 3 is 2.61 bits per heavy atom. The number of aryl methyl sites for hydroxylation is 1. The molecule has 14 heteroatoms. The summed E-state index contributed by atoms with van der Waals surface area (Å²) in [7, 11) is 0. The minimum absolute atomic E-state index is 0.145. The van der Waals surface area contributed by atoms with Crippen molar-refractivity contribution in [2.75, 3.05) is 25.0 Å². The minimum atomic E-state index is -4.73. The lowest BCUT2D eigenvalue weighted by molar-refractivity contribution is -0.141. The highest BCUT2D eigenvalue weighted by Gasteiger charge is 2.38. The third-order valence-corrected chi connectivity index (χ3v) is 6.42. The van der Waals surface area contributed by atoms with E-state index < -0.39 is 11.9 Å². The van der Waals surface area contributed by atoms with E-state index in [1.54, 1.807) is 18.2 Å². The third-order valence-electron chi connectivity index (χ3n) is 6.42. The molecule has 1 amide bonds. The van der Waals surface area contributed by atoms with Crippen LogP contribution in [0.1, 0.15) is 55.2 Å². The molecule has 0 fully saturated rings. The summed E-state index contributed by atoms with van der Waals surface area (Å²) in [6.45, 7) is 11.2. The van der Waals surface area contributed by atoms with Gasteiger partial charge in [-0.15, -0.1) is 0 Å². The number of hydrogen-bond donors (Lipinski definition) is 4. The molecule has 0 spiro atoms. The van der Waals surface area contributed by atoms with E-state index in [9.17, 15) is 18.0 Å². The van der Waals surface area contributed by atoms with E-state index in [0.29, 0.717) is 49.5 Å². The number of nitrogens with two attached hydrogens (primary N) is 1. The molecule has 44 heavy (non-hydrogen) atoms. The van der Waals surface area contributed by atoms with Gasteiger partial charge >= 0.3 is 6.18 Å². The molecule has 5 N–H and O–H groups in total. The van der Waals surface area contributed by atoms with Crippen molar-refractivity contribution in [1.82, 2.24) is 34.8 Å². The van der Waals surface area contributed by atoms with Crippen molar-refractivity contribution in [2.24, 2.45) is 5.73 Å². The smallest absolute Gasteiger partial charge is 0.389 e. The number of benzene rings is 1. The quantitative estimate of drug-likeness (QED) is 0.154. The van der Waals surface area contributed by atoms with Gasteiger partial charge < -0.3 is 21.7 Å². The lowest BCUT2D eigenvalue weighted by atomic mass is 10.0. The number of rotatable bonds is 13. The largest absolute Gasteiger partial charge is 0.435 e. The number of halogens is 3. The molecular weight excluding hydrogens is 573 g/mol. The standard InChI is InChI=1S/C28H31F3N10O.C2H6/c1-3-19-15-20(5-6-21(19)27(42)36-11-4-10-34-18(2)7-8-32)38-25-26-37-16-23(41(26)14-12-35-25)22-17-40(13-9-33)39-24(22)28(29,30)31;1-2/h5-6,12,14-17,34H,2-4,7-8,10-11,13,32H2,1H3,(H,35,38)(H,36,42);1-2H3. The van der Waals surface area contributed by atoms with Gasteiger partial charge in [0.2, 0.25) is 0 Å². The number of nitriles is 1. The van der Waals surface area contributed by atoms with Crippen LogP contribution in [0.15, 0.2) is 55.3 Å². The molecule has 0 aliphatic heterocycles. The summed E-state index contributed by atoms with van der Waals surface area (Å²) in [5, 5.41) is 21.8. The highest BCUT2D eigenvalue weighted by molar-refractivity contribution is 5.96. The predicted octanol–water partition coefficient (Wildman–Crippen LogP) is 5.04. The first kappa shape index (κ1) is 33.6. The van der Waals surface area contributed by atoms with Gasteiger partial charge in [-0.3, -0.25) is 13.9 Å². The van der Waals surface area contributed by atoms with Gasteiger partial charge in [-0.05, 0) is 49.6 Å². The molecule has 1 aromatic carbocycles.